The third-order valence-electron chi connectivity index (χ3n) is 3.23. The van der Waals surface area contributed by atoms with E-state index < -0.39 is 0 Å². The Bertz CT molecular complexity index is 745. The minimum atomic E-state index is 0.321. The molecule has 0 aliphatic heterocycles. The summed E-state index contributed by atoms with van der Waals surface area (Å²) in [5.74, 6) is 1.46. The Kier molecular flexibility index (Phi) is 3.73. The Morgan fingerprint density at radius 3 is 2.52 bits per heavy atom. The van der Waals surface area contributed by atoms with Gasteiger partial charge in [0.05, 0.1) is 6.54 Å². The van der Waals surface area contributed by atoms with Gasteiger partial charge in [-0.3, -0.25) is 4.57 Å². The Labute approximate surface area is 128 Å². The van der Waals surface area contributed by atoms with Crippen LogP contribution in [0, 0.1) is 6.92 Å². The van der Waals surface area contributed by atoms with E-state index >= 15 is 0 Å². The number of nitrogens with zero attached hydrogens (tertiary/aromatic N) is 3. The van der Waals surface area contributed by atoms with E-state index in [4.69, 9.17) is 17.3 Å². The number of nitrogens with two attached hydrogens (primary N) is 1. The predicted molar refractivity (Wildman–Crippen MR) is 84.4 cm³/mol. The molecule has 0 radical (unpaired) electrons. The quantitative estimate of drug-likeness (QED) is 0.806. The molecule has 1 aromatic heterocycles. The lowest BCUT2D eigenvalue weighted by molar-refractivity contribution is 0.861. The van der Waals surface area contributed by atoms with Gasteiger partial charge in [-0.25, -0.2) is 0 Å². The van der Waals surface area contributed by atoms with Crippen LogP contribution in [0.15, 0.2) is 48.5 Å². The van der Waals surface area contributed by atoms with Crippen molar-refractivity contribution in [1.29, 1.82) is 0 Å². The normalized spacial score (nSPS) is 10.8. The number of aromatic nitrogens is 3. The van der Waals surface area contributed by atoms with Gasteiger partial charge in [0.25, 0.3) is 0 Å². The van der Waals surface area contributed by atoms with Gasteiger partial charge in [-0.15, -0.1) is 10.2 Å². The summed E-state index contributed by atoms with van der Waals surface area (Å²) in [7, 11) is 0. The summed E-state index contributed by atoms with van der Waals surface area (Å²) in [6, 6.07) is 15.8. The van der Waals surface area contributed by atoms with Crippen molar-refractivity contribution in [2.75, 3.05) is 0 Å². The van der Waals surface area contributed by atoms with Gasteiger partial charge in [-0.2, -0.15) is 0 Å². The highest BCUT2D eigenvalue weighted by atomic mass is 35.5. The molecule has 0 amide bonds. The lowest BCUT2D eigenvalue weighted by atomic mass is 10.1. The van der Waals surface area contributed by atoms with Crippen molar-refractivity contribution in [3.8, 4) is 17.1 Å². The molecule has 21 heavy (non-hydrogen) atoms. The molecule has 0 saturated carbocycles. The van der Waals surface area contributed by atoms with Gasteiger partial charge in [-0.05, 0) is 42.8 Å². The van der Waals surface area contributed by atoms with Crippen LogP contribution >= 0.6 is 11.6 Å². The van der Waals surface area contributed by atoms with Crippen LogP contribution in [-0.4, -0.2) is 14.8 Å². The lowest BCUT2D eigenvalue weighted by Gasteiger charge is -2.10. The van der Waals surface area contributed by atoms with E-state index in [-0.39, 0.29) is 0 Å². The van der Waals surface area contributed by atoms with Crippen molar-refractivity contribution >= 4 is 11.6 Å². The van der Waals surface area contributed by atoms with Crippen molar-refractivity contribution in [3.05, 3.63) is 64.9 Å². The fourth-order valence-electron chi connectivity index (χ4n) is 2.35. The monoisotopic (exact) mass is 298 g/mol. The molecular weight excluding hydrogens is 284 g/mol. The predicted octanol–water partition coefficient (Wildman–Crippen LogP) is 3.35. The summed E-state index contributed by atoms with van der Waals surface area (Å²) in [6.07, 6.45) is 0. The molecule has 0 spiro atoms. The van der Waals surface area contributed by atoms with Crippen LogP contribution in [0.5, 0.6) is 0 Å². The van der Waals surface area contributed by atoms with Gasteiger partial charge in [-0.1, -0.05) is 29.8 Å². The molecule has 2 aromatic carbocycles. The molecule has 3 aromatic rings. The summed E-state index contributed by atoms with van der Waals surface area (Å²) in [5, 5.41) is 9.16. The molecule has 0 aliphatic carbocycles. The average molecular weight is 299 g/mol. The van der Waals surface area contributed by atoms with Crippen LogP contribution in [0.4, 0.5) is 0 Å². The van der Waals surface area contributed by atoms with Crippen LogP contribution in [0.3, 0.4) is 0 Å². The Morgan fingerprint density at radius 1 is 1.10 bits per heavy atom. The van der Waals surface area contributed by atoms with Crippen molar-refractivity contribution in [2.45, 2.75) is 13.5 Å². The Balaban J connectivity index is 2.22. The molecular formula is C16H15ClN4. The van der Waals surface area contributed by atoms with Gasteiger partial charge in [0.1, 0.15) is 0 Å². The summed E-state index contributed by atoms with van der Waals surface area (Å²) >= 11 is 6.16. The first-order chi connectivity index (χ1) is 10.2. The number of halogens is 1. The van der Waals surface area contributed by atoms with Crippen molar-refractivity contribution in [2.24, 2.45) is 5.73 Å². The molecule has 4 nitrogen and oxygen atoms in total. The highest BCUT2D eigenvalue weighted by Crippen LogP contribution is 2.26. The molecule has 5 heteroatoms. The minimum Gasteiger partial charge on any atom is -0.324 e. The van der Waals surface area contributed by atoms with Crippen LogP contribution in [0.2, 0.25) is 5.02 Å². The van der Waals surface area contributed by atoms with Gasteiger partial charge in [0.15, 0.2) is 11.6 Å². The fraction of sp³-hybridized carbons (Fsp3) is 0.125. The number of para-hydroxylation sites is 1. The third kappa shape index (κ3) is 2.68. The number of rotatable bonds is 3. The van der Waals surface area contributed by atoms with Gasteiger partial charge < -0.3 is 5.73 Å². The molecule has 0 unspecified atom stereocenters. The number of benzene rings is 2. The molecule has 0 fully saturated rings. The second kappa shape index (κ2) is 5.68. The molecule has 3 rings (SSSR count). The molecule has 0 bridgehead atoms. The number of hydrogen-bond donors (Lipinski definition) is 1. The first kappa shape index (κ1) is 13.8. The zero-order valence-corrected chi connectivity index (χ0v) is 12.4. The Morgan fingerprint density at radius 2 is 1.86 bits per heavy atom. The van der Waals surface area contributed by atoms with E-state index in [1.165, 1.54) is 0 Å². The van der Waals surface area contributed by atoms with Crippen LogP contribution in [0.25, 0.3) is 17.1 Å². The maximum Gasteiger partial charge on any atom is 0.168 e. The smallest absolute Gasteiger partial charge is 0.168 e. The van der Waals surface area contributed by atoms with E-state index in [9.17, 15) is 0 Å². The topological polar surface area (TPSA) is 56.7 Å². The second-order valence-corrected chi connectivity index (χ2v) is 5.27. The average Bonchev–Trinajstić information content (AvgIpc) is 2.91. The van der Waals surface area contributed by atoms with Gasteiger partial charge in [0.2, 0.25) is 0 Å². The number of aryl methyl sites for hydroxylation is 1. The molecule has 0 atom stereocenters. The highest BCUT2D eigenvalue weighted by molar-refractivity contribution is 6.30. The summed E-state index contributed by atoms with van der Waals surface area (Å²) in [6.45, 7) is 2.32. The SMILES string of the molecule is Cc1cc(Cl)cc(-c2nnc(CN)n2-c2ccccc2)c1. The zero-order chi connectivity index (χ0) is 14.8. The van der Waals surface area contributed by atoms with Crippen molar-refractivity contribution in [1.82, 2.24) is 14.8 Å². The van der Waals surface area contributed by atoms with E-state index in [1.54, 1.807) is 0 Å². The van der Waals surface area contributed by atoms with Crippen LogP contribution in [0.1, 0.15) is 11.4 Å². The van der Waals surface area contributed by atoms with Crippen molar-refractivity contribution in [3.63, 3.8) is 0 Å². The van der Waals surface area contributed by atoms with E-state index in [1.807, 2.05) is 60.0 Å². The standard InChI is InChI=1S/C16H15ClN4/c1-11-7-12(9-13(17)8-11)16-20-19-15(10-18)21(16)14-5-3-2-4-6-14/h2-9H,10,18H2,1H3. The van der Waals surface area contributed by atoms with Gasteiger partial charge in [0, 0.05) is 16.3 Å². The molecule has 0 saturated heterocycles. The highest BCUT2D eigenvalue weighted by Gasteiger charge is 2.15. The van der Waals surface area contributed by atoms with E-state index in [0.29, 0.717) is 17.4 Å². The zero-order valence-electron chi connectivity index (χ0n) is 11.6. The summed E-state index contributed by atoms with van der Waals surface area (Å²) in [5.41, 5.74) is 8.78. The van der Waals surface area contributed by atoms with Gasteiger partial charge >= 0.3 is 0 Å². The first-order valence-electron chi connectivity index (χ1n) is 6.66. The maximum absolute atomic E-state index is 6.16. The second-order valence-electron chi connectivity index (χ2n) is 4.83. The maximum atomic E-state index is 6.16. The molecule has 1 heterocycles. The van der Waals surface area contributed by atoms with E-state index in [2.05, 4.69) is 10.2 Å². The third-order valence-corrected chi connectivity index (χ3v) is 3.45. The molecule has 106 valence electrons. The lowest BCUT2D eigenvalue weighted by Crippen LogP contribution is -2.07. The molecule has 2 N–H and O–H groups in total. The summed E-state index contributed by atoms with van der Waals surface area (Å²) < 4.78 is 1.96. The summed E-state index contributed by atoms with van der Waals surface area (Å²) in [4.78, 5) is 0. The van der Waals surface area contributed by atoms with E-state index in [0.717, 1.165) is 22.6 Å². The molecule has 0 aliphatic rings. The van der Waals surface area contributed by atoms with Crippen LogP contribution < -0.4 is 5.73 Å². The van der Waals surface area contributed by atoms with Crippen molar-refractivity contribution < 1.29 is 0 Å². The first-order valence-corrected chi connectivity index (χ1v) is 7.04. The van der Waals surface area contributed by atoms with Crippen LogP contribution in [-0.2, 0) is 6.54 Å². The fourth-order valence-corrected chi connectivity index (χ4v) is 2.64. The number of hydrogen-bond acceptors (Lipinski definition) is 3. The largest absolute Gasteiger partial charge is 0.324 e. The Hall–Kier alpha value is -2.17. The minimum absolute atomic E-state index is 0.321.